The Morgan fingerprint density at radius 3 is 0.818 bits per heavy atom. The van der Waals surface area contributed by atoms with E-state index in [0.717, 1.165) is 0 Å². The lowest BCUT2D eigenvalue weighted by molar-refractivity contribution is 1.38. The summed E-state index contributed by atoms with van der Waals surface area (Å²) in [6.07, 6.45) is 0. The van der Waals surface area contributed by atoms with Gasteiger partial charge < -0.3 is 0 Å². The molecule has 0 aliphatic rings. The lowest BCUT2D eigenvalue weighted by Gasteiger charge is -2.28. The predicted molar refractivity (Wildman–Crippen MR) is 195 cm³/mol. The van der Waals surface area contributed by atoms with E-state index in [9.17, 15) is 0 Å². The van der Waals surface area contributed by atoms with E-state index in [1.807, 2.05) is 0 Å². The average molecular weight is 607 g/mol. The third-order valence-electron chi connectivity index (χ3n) is 8.45. The number of hydrogen-bond donors (Lipinski definition) is 0. The largest absolute Gasteiger partial charge is 0.248 e. The molecule has 0 aliphatic heterocycles. The third kappa shape index (κ3) is 6.08. The molecule has 0 aromatic heterocycles. The third-order valence-corrected chi connectivity index (χ3v) is 13.7. The van der Waals surface area contributed by atoms with Crippen molar-refractivity contribution in [3.05, 3.63) is 161 Å². The van der Waals surface area contributed by atoms with Crippen LogP contribution in [0.4, 0.5) is 0 Å². The van der Waals surface area contributed by atoms with E-state index in [-0.39, 0.29) is 0 Å². The van der Waals surface area contributed by atoms with Crippen molar-refractivity contribution < 1.29 is 0 Å². The Balaban J connectivity index is 1.57. The van der Waals surface area contributed by atoms with Gasteiger partial charge in [-0.3, -0.25) is 0 Å². The molecule has 0 saturated carbocycles. The van der Waals surface area contributed by atoms with Crippen LogP contribution in [0.5, 0.6) is 0 Å². The topological polar surface area (TPSA) is 0 Å². The summed E-state index contributed by atoms with van der Waals surface area (Å²) in [5, 5.41) is 3.56. The van der Waals surface area contributed by atoms with E-state index in [2.05, 4.69) is 169 Å². The summed E-state index contributed by atoms with van der Waals surface area (Å²) in [6, 6.07) is 47.2. The van der Waals surface area contributed by atoms with E-state index in [1.165, 1.54) is 82.3 Å². The van der Waals surface area contributed by atoms with Gasteiger partial charge in [-0.05, 0) is 90.5 Å². The fourth-order valence-corrected chi connectivity index (χ4v) is 10.8. The summed E-state index contributed by atoms with van der Waals surface area (Å²) in [5.41, 5.74) is 14.9. The Kier molecular flexibility index (Phi) is 8.20. The van der Waals surface area contributed by atoms with Crippen molar-refractivity contribution in [1.29, 1.82) is 0 Å². The predicted octanol–water partition coefficient (Wildman–Crippen LogP) is 9.74. The van der Waals surface area contributed by atoms with Crippen LogP contribution >= 0.6 is 11.1 Å². The lowest BCUT2D eigenvalue weighted by atomic mass is 10.0. The van der Waals surface area contributed by atoms with Crippen LogP contribution in [0.15, 0.2) is 127 Å². The molecule has 0 unspecified atom stereocenters. The summed E-state index contributed by atoms with van der Waals surface area (Å²) in [6.45, 7) is 13.0. The number of benzene rings is 6. The molecule has 0 saturated heterocycles. The van der Waals surface area contributed by atoms with Gasteiger partial charge in [0, 0.05) is 0 Å². The summed E-state index contributed by atoms with van der Waals surface area (Å²) in [5.74, 6) is 0. The molecule has 0 radical (unpaired) electrons. The Morgan fingerprint density at radius 1 is 0.318 bits per heavy atom. The molecule has 0 heterocycles. The highest BCUT2D eigenvalue weighted by Crippen LogP contribution is 2.27. The fourth-order valence-electron chi connectivity index (χ4n) is 6.66. The molecule has 0 atom stereocenters. The van der Waals surface area contributed by atoms with Gasteiger partial charge in [0.15, 0.2) is 0 Å². The zero-order valence-electron chi connectivity index (χ0n) is 26.5. The van der Waals surface area contributed by atoms with Crippen molar-refractivity contribution >= 4 is 34.0 Å². The number of aryl methyl sites for hydroxylation is 6. The molecular formula is C42H39ClSi. The first-order valence-corrected chi connectivity index (χ1v) is 18.4. The normalized spacial score (nSPS) is 11.5. The van der Waals surface area contributed by atoms with Crippen molar-refractivity contribution in [2.75, 3.05) is 0 Å². The van der Waals surface area contributed by atoms with Gasteiger partial charge in [-0.15, -0.1) is 11.1 Å². The van der Waals surface area contributed by atoms with Crippen LogP contribution in [0.1, 0.15) is 33.4 Å². The van der Waals surface area contributed by atoms with Crippen LogP contribution in [0, 0.1) is 41.5 Å². The molecule has 6 aromatic rings. The monoisotopic (exact) mass is 606 g/mol. The second-order valence-electron chi connectivity index (χ2n) is 12.5. The minimum atomic E-state index is -2.98. The van der Waals surface area contributed by atoms with Crippen LogP contribution in [0.3, 0.4) is 0 Å². The number of hydrogen-bond acceptors (Lipinski definition) is 0. The van der Waals surface area contributed by atoms with E-state index >= 15 is 0 Å². The smallest absolute Gasteiger partial charge is 0.149 e. The molecule has 2 heteroatoms. The maximum atomic E-state index is 8.22. The zero-order chi connectivity index (χ0) is 31.0. The molecule has 0 fully saturated rings. The zero-order valence-corrected chi connectivity index (χ0v) is 28.3. The molecule has 0 amide bonds. The molecule has 6 rings (SSSR count). The van der Waals surface area contributed by atoms with E-state index in [1.54, 1.807) is 0 Å². The van der Waals surface area contributed by atoms with Gasteiger partial charge in [0.2, 0.25) is 7.38 Å². The van der Waals surface area contributed by atoms with E-state index in [0.29, 0.717) is 0 Å². The maximum Gasteiger partial charge on any atom is 0.248 e. The Labute approximate surface area is 268 Å². The van der Waals surface area contributed by atoms with Crippen LogP contribution < -0.4 is 15.6 Å². The summed E-state index contributed by atoms with van der Waals surface area (Å²) < 4.78 is 0. The van der Waals surface area contributed by atoms with Crippen LogP contribution in [-0.4, -0.2) is 7.38 Å². The first-order chi connectivity index (χ1) is 21.1. The minimum Gasteiger partial charge on any atom is -0.149 e. The highest BCUT2D eigenvalue weighted by atomic mass is 35.6. The summed E-state index contributed by atoms with van der Waals surface area (Å²) >= 11 is 8.22. The van der Waals surface area contributed by atoms with Crippen molar-refractivity contribution in [2.24, 2.45) is 0 Å². The fraction of sp³-hybridized carbons (Fsp3) is 0.143. The van der Waals surface area contributed by atoms with Gasteiger partial charge in [-0.2, -0.15) is 0 Å². The molecule has 6 aromatic carbocycles. The molecule has 0 aliphatic carbocycles. The first kappa shape index (κ1) is 29.9. The van der Waals surface area contributed by atoms with Crippen molar-refractivity contribution in [1.82, 2.24) is 0 Å². The highest BCUT2D eigenvalue weighted by Gasteiger charge is 2.38. The van der Waals surface area contributed by atoms with Crippen molar-refractivity contribution in [3.8, 4) is 33.4 Å². The Hall–Kier alpha value is -4.17. The van der Waals surface area contributed by atoms with E-state index in [4.69, 9.17) is 11.1 Å². The lowest BCUT2D eigenvalue weighted by Crippen LogP contribution is -2.63. The minimum absolute atomic E-state index is 1.19. The van der Waals surface area contributed by atoms with Gasteiger partial charge in [0.05, 0.1) is 0 Å². The molecule has 218 valence electrons. The SMILES string of the molecule is Cc1cc(C)cc(-c2cccc([Si](Cl)(c3cccc(-c4cc(C)cc(C)c4)c3)c3cccc(-c4cc(C)cc(C)c4)c3)c2)c1. The average Bonchev–Trinajstić information content (AvgIpc) is 2.99. The molecular weight excluding hydrogens is 568 g/mol. The van der Waals surface area contributed by atoms with Gasteiger partial charge in [-0.1, -0.05) is 161 Å². The quantitative estimate of drug-likeness (QED) is 0.101. The standard InChI is InChI=1S/C42H39ClSi/c1-28-16-29(2)20-37(19-28)34-10-7-13-40(25-34)44(43,41-14-8-11-35(26-41)38-21-30(3)17-31(4)22-38)42-15-9-12-36(27-42)39-23-32(5)18-33(6)24-39/h7-27H,1-6H3. The second kappa shape index (κ2) is 12.1. The van der Waals surface area contributed by atoms with Gasteiger partial charge in [0.25, 0.3) is 0 Å². The van der Waals surface area contributed by atoms with Gasteiger partial charge in [0.1, 0.15) is 0 Å². The highest BCUT2D eigenvalue weighted by molar-refractivity contribution is 7.40. The van der Waals surface area contributed by atoms with Gasteiger partial charge in [-0.25, -0.2) is 0 Å². The van der Waals surface area contributed by atoms with Gasteiger partial charge >= 0.3 is 0 Å². The van der Waals surface area contributed by atoms with Crippen molar-refractivity contribution in [2.45, 2.75) is 41.5 Å². The van der Waals surface area contributed by atoms with Crippen LogP contribution in [0.2, 0.25) is 0 Å². The Morgan fingerprint density at radius 2 is 0.568 bits per heavy atom. The van der Waals surface area contributed by atoms with Crippen molar-refractivity contribution in [3.63, 3.8) is 0 Å². The van der Waals surface area contributed by atoms with Crippen LogP contribution in [0.25, 0.3) is 33.4 Å². The maximum absolute atomic E-state index is 8.22. The first-order valence-electron chi connectivity index (χ1n) is 15.3. The molecule has 0 spiro atoms. The second-order valence-corrected chi connectivity index (χ2v) is 17.3. The molecule has 44 heavy (non-hydrogen) atoms. The Bertz CT molecular complexity index is 1710. The molecule has 0 nitrogen and oxygen atoms in total. The molecule has 0 N–H and O–H groups in total. The van der Waals surface area contributed by atoms with E-state index < -0.39 is 7.38 Å². The number of halogens is 1. The van der Waals surface area contributed by atoms with Crippen LogP contribution in [-0.2, 0) is 0 Å². The summed E-state index contributed by atoms with van der Waals surface area (Å²) in [4.78, 5) is 0. The molecule has 0 bridgehead atoms. The summed E-state index contributed by atoms with van der Waals surface area (Å²) in [7, 11) is -2.98. The number of rotatable bonds is 6.